The molecule has 3 aromatic rings. The van der Waals surface area contributed by atoms with Crippen LogP contribution < -0.4 is 10.1 Å². The molecule has 0 spiro atoms. The molecule has 0 fully saturated rings. The molecule has 7 heteroatoms. The van der Waals surface area contributed by atoms with Crippen molar-refractivity contribution >= 4 is 35.0 Å². The summed E-state index contributed by atoms with van der Waals surface area (Å²) < 4.78 is 5.67. The van der Waals surface area contributed by atoms with Gasteiger partial charge >= 0.3 is 0 Å². The van der Waals surface area contributed by atoms with E-state index in [-0.39, 0.29) is 25.0 Å². The van der Waals surface area contributed by atoms with Gasteiger partial charge < -0.3 is 15.0 Å². The summed E-state index contributed by atoms with van der Waals surface area (Å²) in [6, 6.07) is 22.9. The van der Waals surface area contributed by atoms with Crippen molar-refractivity contribution in [1.82, 2.24) is 10.2 Å². The summed E-state index contributed by atoms with van der Waals surface area (Å²) in [5, 5.41) is 3.80. The maximum atomic E-state index is 13.3. The SMILES string of the molecule is CNC(=O)C(Cc1ccccc1)N(Cc1ccc(Cl)cc1)C(=O)COc1cccc(Cl)c1. The average molecular weight is 471 g/mol. The molecular weight excluding hydrogens is 447 g/mol. The first-order valence-corrected chi connectivity index (χ1v) is 10.9. The number of hydrogen-bond donors (Lipinski definition) is 1. The minimum absolute atomic E-state index is 0.226. The van der Waals surface area contributed by atoms with Crippen molar-refractivity contribution in [2.24, 2.45) is 0 Å². The Morgan fingerprint density at radius 1 is 0.906 bits per heavy atom. The van der Waals surface area contributed by atoms with E-state index in [1.165, 1.54) is 0 Å². The molecule has 1 N–H and O–H groups in total. The molecule has 32 heavy (non-hydrogen) atoms. The summed E-state index contributed by atoms with van der Waals surface area (Å²) >= 11 is 12.0. The molecule has 1 unspecified atom stereocenters. The first-order chi connectivity index (χ1) is 15.5. The van der Waals surface area contributed by atoms with E-state index in [9.17, 15) is 9.59 Å². The zero-order chi connectivity index (χ0) is 22.9. The fraction of sp³-hybridized carbons (Fsp3) is 0.200. The highest BCUT2D eigenvalue weighted by Crippen LogP contribution is 2.19. The molecule has 0 saturated carbocycles. The number of carbonyl (C=O) groups is 2. The van der Waals surface area contributed by atoms with Crippen LogP contribution in [0.2, 0.25) is 10.0 Å². The fourth-order valence-electron chi connectivity index (χ4n) is 3.29. The number of carbonyl (C=O) groups excluding carboxylic acids is 2. The Balaban J connectivity index is 1.86. The quantitative estimate of drug-likeness (QED) is 0.490. The van der Waals surface area contributed by atoms with Crippen LogP contribution in [-0.4, -0.2) is 36.4 Å². The predicted octanol–water partition coefficient (Wildman–Crippen LogP) is 4.76. The predicted molar refractivity (Wildman–Crippen MR) is 127 cm³/mol. The van der Waals surface area contributed by atoms with Gasteiger partial charge in [-0.2, -0.15) is 0 Å². The maximum absolute atomic E-state index is 13.3. The molecule has 0 aliphatic heterocycles. The lowest BCUT2D eigenvalue weighted by molar-refractivity contribution is -0.142. The molecule has 0 aliphatic rings. The lowest BCUT2D eigenvalue weighted by atomic mass is 10.0. The van der Waals surface area contributed by atoms with Crippen LogP contribution >= 0.6 is 23.2 Å². The van der Waals surface area contributed by atoms with E-state index >= 15 is 0 Å². The molecule has 3 aromatic carbocycles. The Hall–Kier alpha value is -3.02. The van der Waals surface area contributed by atoms with Gasteiger partial charge in [0.1, 0.15) is 11.8 Å². The van der Waals surface area contributed by atoms with Gasteiger partial charge in [0.15, 0.2) is 6.61 Å². The van der Waals surface area contributed by atoms with Gasteiger partial charge in [0.2, 0.25) is 5.91 Å². The second-order valence-electron chi connectivity index (χ2n) is 7.21. The number of halogens is 2. The zero-order valence-corrected chi connectivity index (χ0v) is 19.1. The Kier molecular flexibility index (Phi) is 8.54. The lowest BCUT2D eigenvalue weighted by Crippen LogP contribution is -2.51. The van der Waals surface area contributed by atoms with Gasteiger partial charge in [-0.25, -0.2) is 0 Å². The number of ether oxygens (including phenoxy) is 1. The summed E-state index contributed by atoms with van der Waals surface area (Å²) in [5.74, 6) is -0.0831. The molecular formula is C25H24Cl2N2O3. The number of benzene rings is 3. The normalized spacial score (nSPS) is 11.5. The second kappa shape index (κ2) is 11.6. The number of nitrogens with one attached hydrogen (secondary N) is 1. The Morgan fingerprint density at radius 3 is 2.28 bits per heavy atom. The van der Waals surface area contributed by atoms with E-state index in [0.29, 0.717) is 22.2 Å². The Morgan fingerprint density at radius 2 is 1.62 bits per heavy atom. The van der Waals surface area contributed by atoms with E-state index in [0.717, 1.165) is 11.1 Å². The lowest BCUT2D eigenvalue weighted by Gasteiger charge is -2.31. The highest BCUT2D eigenvalue weighted by atomic mass is 35.5. The Labute approximate surface area is 197 Å². The molecule has 0 radical (unpaired) electrons. The number of amides is 2. The van der Waals surface area contributed by atoms with Crippen LogP contribution in [0, 0.1) is 0 Å². The van der Waals surface area contributed by atoms with Crippen LogP contribution in [-0.2, 0) is 22.6 Å². The third kappa shape index (κ3) is 6.74. The molecule has 0 aromatic heterocycles. The molecule has 3 rings (SSSR count). The molecule has 2 amide bonds. The molecule has 5 nitrogen and oxygen atoms in total. The maximum Gasteiger partial charge on any atom is 0.261 e. The highest BCUT2D eigenvalue weighted by Gasteiger charge is 2.30. The van der Waals surface area contributed by atoms with Crippen LogP contribution in [0.4, 0.5) is 0 Å². The molecule has 1 atom stereocenters. The minimum Gasteiger partial charge on any atom is -0.484 e. The number of likely N-dealkylation sites (N-methyl/N-ethyl adjacent to an activating group) is 1. The monoisotopic (exact) mass is 470 g/mol. The summed E-state index contributed by atoms with van der Waals surface area (Å²) in [7, 11) is 1.56. The zero-order valence-electron chi connectivity index (χ0n) is 17.6. The van der Waals surface area contributed by atoms with Crippen LogP contribution in [0.25, 0.3) is 0 Å². The third-order valence-corrected chi connectivity index (χ3v) is 5.43. The molecule has 166 valence electrons. The summed E-state index contributed by atoms with van der Waals surface area (Å²) in [4.78, 5) is 27.7. The topological polar surface area (TPSA) is 58.6 Å². The largest absolute Gasteiger partial charge is 0.484 e. The van der Waals surface area contributed by atoms with Crippen LogP contribution in [0.15, 0.2) is 78.9 Å². The van der Waals surface area contributed by atoms with Crippen LogP contribution in [0.3, 0.4) is 0 Å². The fourth-order valence-corrected chi connectivity index (χ4v) is 3.60. The van der Waals surface area contributed by atoms with Gasteiger partial charge in [0.25, 0.3) is 5.91 Å². The molecule has 0 bridgehead atoms. The van der Waals surface area contributed by atoms with Gasteiger partial charge in [-0.1, -0.05) is 71.7 Å². The number of nitrogens with zero attached hydrogens (tertiary/aromatic N) is 1. The third-order valence-electron chi connectivity index (χ3n) is 4.94. The van der Waals surface area contributed by atoms with Crippen molar-refractivity contribution in [1.29, 1.82) is 0 Å². The van der Waals surface area contributed by atoms with Crippen molar-refractivity contribution in [3.8, 4) is 5.75 Å². The molecule has 0 heterocycles. The summed E-state index contributed by atoms with van der Waals surface area (Å²) in [5.41, 5.74) is 1.80. The highest BCUT2D eigenvalue weighted by molar-refractivity contribution is 6.30. The molecule has 0 aliphatic carbocycles. The summed E-state index contributed by atoms with van der Waals surface area (Å²) in [6.07, 6.45) is 0.372. The smallest absolute Gasteiger partial charge is 0.261 e. The van der Waals surface area contributed by atoms with Crippen molar-refractivity contribution in [2.45, 2.75) is 19.0 Å². The van der Waals surface area contributed by atoms with Gasteiger partial charge in [0, 0.05) is 30.1 Å². The second-order valence-corrected chi connectivity index (χ2v) is 8.09. The van der Waals surface area contributed by atoms with E-state index in [1.807, 2.05) is 42.5 Å². The van der Waals surface area contributed by atoms with Gasteiger partial charge in [-0.3, -0.25) is 9.59 Å². The van der Waals surface area contributed by atoms with Crippen LogP contribution in [0.1, 0.15) is 11.1 Å². The van der Waals surface area contributed by atoms with E-state index < -0.39 is 6.04 Å². The Bertz CT molecular complexity index is 1040. The van der Waals surface area contributed by atoms with Crippen molar-refractivity contribution in [3.63, 3.8) is 0 Å². The standard InChI is InChI=1S/C25H24Cl2N2O3/c1-28-25(31)23(14-18-6-3-2-4-7-18)29(16-19-10-12-20(26)13-11-19)24(30)17-32-22-9-5-8-21(27)15-22/h2-13,15,23H,14,16-17H2,1H3,(H,28,31). The average Bonchev–Trinajstić information content (AvgIpc) is 2.81. The first-order valence-electron chi connectivity index (χ1n) is 10.1. The summed E-state index contributed by atoms with van der Waals surface area (Å²) in [6.45, 7) is 0.00996. The van der Waals surface area contributed by atoms with Gasteiger partial charge in [0.05, 0.1) is 0 Å². The van der Waals surface area contributed by atoms with Crippen molar-refractivity contribution in [2.75, 3.05) is 13.7 Å². The van der Waals surface area contributed by atoms with Crippen LogP contribution in [0.5, 0.6) is 5.75 Å². The van der Waals surface area contributed by atoms with Crippen molar-refractivity contribution in [3.05, 3.63) is 100 Å². The minimum atomic E-state index is -0.714. The van der Waals surface area contributed by atoms with Crippen molar-refractivity contribution < 1.29 is 14.3 Å². The molecule has 0 saturated heterocycles. The van der Waals surface area contributed by atoms with Gasteiger partial charge in [-0.15, -0.1) is 0 Å². The van der Waals surface area contributed by atoms with E-state index in [4.69, 9.17) is 27.9 Å². The van der Waals surface area contributed by atoms with E-state index in [2.05, 4.69) is 5.32 Å². The number of hydrogen-bond acceptors (Lipinski definition) is 3. The van der Waals surface area contributed by atoms with E-state index in [1.54, 1.807) is 48.3 Å². The van der Waals surface area contributed by atoms with Gasteiger partial charge in [-0.05, 0) is 41.5 Å². The number of rotatable bonds is 9. The first kappa shape index (κ1) is 23.6.